The molecule has 2 N–H and O–H groups in total. The summed E-state index contributed by atoms with van der Waals surface area (Å²) in [5.41, 5.74) is 1.47. The van der Waals surface area contributed by atoms with Crippen molar-refractivity contribution >= 4 is 10.0 Å². The van der Waals surface area contributed by atoms with Gasteiger partial charge in [-0.2, -0.15) is 0 Å². The molecule has 0 radical (unpaired) electrons. The van der Waals surface area contributed by atoms with E-state index >= 15 is 0 Å². The van der Waals surface area contributed by atoms with Gasteiger partial charge in [-0.1, -0.05) is 6.07 Å². The lowest BCUT2D eigenvalue weighted by Gasteiger charge is -2.09. The van der Waals surface area contributed by atoms with Gasteiger partial charge in [0.15, 0.2) is 0 Å². The predicted molar refractivity (Wildman–Crippen MR) is 74.7 cm³/mol. The Morgan fingerprint density at radius 2 is 2.10 bits per heavy atom. The number of benzene rings is 1. The molecule has 0 fully saturated rings. The molecule has 6 heteroatoms. The van der Waals surface area contributed by atoms with E-state index in [0.717, 1.165) is 11.3 Å². The van der Waals surface area contributed by atoms with Gasteiger partial charge in [-0.15, -0.1) is 0 Å². The molecule has 0 saturated carbocycles. The molecule has 0 aliphatic heterocycles. The Kier molecular flexibility index (Phi) is 4.59. The van der Waals surface area contributed by atoms with Gasteiger partial charge in [-0.05, 0) is 42.3 Å². The van der Waals surface area contributed by atoms with E-state index in [1.807, 2.05) is 6.92 Å². The summed E-state index contributed by atoms with van der Waals surface area (Å²) in [5.74, 6) is 0.729. The Bertz CT molecular complexity index is 662. The summed E-state index contributed by atoms with van der Waals surface area (Å²) in [4.78, 5) is 0.159. The van der Waals surface area contributed by atoms with E-state index in [1.54, 1.807) is 24.5 Å². The van der Waals surface area contributed by atoms with Crippen molar-refractivity contribution in [2.75, 3.05) is 6.54 Å². The maximum atomic E-state index is 12.1. The summed E-state index contributed by atoms with van der Waals surface area (Å²) < 4.78 is 31.9. The van der Waals surface area contributed by atoms with Gasteiger partial charge in [0.25, 0.3) is 0 Å². The van der Waals surface area contributed by atoms with Crippen LogP contribution in [0.1, 0.15) is 16.9 Å². The van der Waals surface area contributed by atoms with Gasteiger partial charge in [-0.25, -0.2) is 13.1 Å². The number of sulfonamides is 1. The van der Waals surface area contributed by atoms with Gasteiger partial charge in [-0.3, -0.25) is 0 Å². The Balaban J connectivity index is 2.06. The van der Waals surface area contributed by atoms with Crippen molar-refractivity contribution in [2.24, 2.45) is 0 Å². The van der Waals surface area contributed by atoms with Gasteiger partial charge in [0, 0.05) is 13.0 Å². The molecule has 0 bridgehead atoms. The predicted octanol–water partition coefficient (Wildman–Crippen LogP) is 1.60. The topological polar surface area (TPSA) is 79.5 Å². The van der Waals surface area contributed by atoms with Crippen LogP contribution in [0.4, 0.5) is 0 Å². The van der Waals surface area contributed by atoms with Crippen LogP contribution in [0.2, 0.25) is 0 Å². The van der Waals surface area contributed by atoms with Gasteiger partial charge >= 0.3 is 0 Å². The zero-order chi connectivity index (χ0) is 14.6. The van der Waals surface area contributed by atoms with E-state index in [2.05, 4.69) is 4.72 Å². The standard InChI is InChI=1S/C14H17NO4S/c1-11-4-5-14(9-12(11)10-16)20(17,18)15-7-6-13-3-2-8-19-13/h2-5,8-9,15-16H,6-7,10H2,1H3. The lowest BCUT2D eigenvalue weighted by molar-refractivity contribution is 0.280. The summed E-state index contributed by atoms with van der Waals surface area (Å²) in [6.07, 6.45) is 2.04. The molecule has 2 aromatic rings. The summed E-state index contributed by atoms with van der Waals surface area (Å²) in [6, 6.07) is 8.27. The quantitative estimate of drug-likeness (QED) is 0.848. The monoisotopic (exact) mass is 295 g/mol. The smallest absolute Gasteiger partial charge is 0.240 e. The summed E-state index contributed by atoms with van der Waals surface area (Å²) in [6.45, 7) is 1.91. The van der Waals surface area contributed by atoms with Crippen molar-refractivity contribution in [3.8, 4) is 0 Å². The van der Waals surface area contributed by atoms with E-state index in [4.69, 9.17) is 4.42 Å². The zero-order valence-corrected chi connectivity index (χ0v) is 12.0. The normalized spacial score (nSPS) is 11.7. The third-order valence-electron chi connectivity index (χ3n) is 3.04. The second kappa shape index (κ2) is 6.21. The van der Waals surface area contributed by atoms with Crippen LogP contribution >= 0.6 is 0 Å². The molecule has 0 spiro atoms. The van der Waals surface area contributed by atoms with Crippen LogP contribution in [0.25, 0.3) is 0 Å². The summed E-state index contributed by atoms with van der Waals surface area (Å²) in [5, 5.41) is 9.18. The number of rotatable bonds is 6. The lowest BCUT2D eigenvalue weighted by Crippen LogP contribution is -2.26. The Hall–Kier alpha value is -1.63. The highest BCUT2D eigenvalue weighted by Crippen LogP contribution is 2.15. The lowest BCUT2D eigenvalue weighted by atomic mass is 10.1. The van der Waals surface area contributed by atoms with E-state index in [1.165, 1.54) is 12.1 Å². The van der Waals surface area contributed by atoms with E-state index in [0.29, 0.717) is 12.0 Å². The SMILES string of the molecule is Cc1ccc(S(=O)(=O)NCCc2ccco2)cc1CO. The largest absolute Gasteiger partial charge is 0.469 e. The first-order valence-corrected chi connectivity index (χ1v) is 7.73. The van der Waals surface area contributed by atoms with Crippen molar-refractivity contribution in [3.63, 3.8) is 0 Å². The highest BCUT2D eigenvalue weighted by molar-refractivity contribution is 7.89. The van der Waals surface area contributed by atoms with Crippen LogP contribution in [-0.4, -0.2) is 20.1 Å². The van der Waals surface area contributed by atoms with Crippen LogP contribution in [0.3, 0.4) is 0 Å². The van der Waals surface area contributed by atoms with E-state index in [-0.39, 0.29) is 18.0 Å². The van der Waals surface area contributed by atoms with E-state index in [9.17, 15) is 13.5 Å². The van der Waals surface area contributed by atoms with Crippen LogP contribution in [-0.2, 0) is 23.1 Å². The minimum absolute atomic E-state index is 0.159. The maximum absolute atomic E-state index is 12.1. The molecule has 0 atom stereocenters. The van der Waals surface area contributed by atoms with E-state index < -0.39 is 10.0 Å². The van der Waals surface area contributed by atoms with Crippen molar-refractivity contribution in [1.29, 1.82) is 0 Å². The third-order valence-corrected chi connectivity index (χ3v) is 4.50. The first-order chi connectivity index (χ1) is 9.53. The number of hydrogen-bond donors (Lipinski definition) is 2. The average molecular weight is 295 g/mol. The first-order valence-electron chi connectivity index (χ1n) is 6.25. The Morgan fingerprint density at radius 3 is 2.75 bits per heavy atom. The molecular formula is C14H17NO4S. The molecule has 0 aliphatic carbocycles. The van der Waals surface area contributed by atoms with Crippen molar-refractivity contribution in [2.45, 2.75) is 24.8 Å². The van der Waals surface area contributed by atoms with Gasteiger partial charge < -0.3 is 9.52 Å². The summed E-state index contributed by atoms with van der Waals surface area (Å²) in [7, 11) is -3.57. The van der Waals surface area contributed by atoms with Crippen molar-refractivity contribution in [1.82, 2.24) is 4.72 Å². The zero-order valence-electron chi connectivity index (χ0n) is 11.2. The first kappa shape index (κ1) is 14.8. The highest BCUT2D eigenvalue weighted by Gasteiger charge is 2.14. The number of hydrogen-bond acceptors (Lipinski definition) is 4. The Morgan fingerprint density at radius 1 is 1.30 bits per heavy atom. The van der Waals surface area contributed by atoms with Crippen molar-refractivity contribution in [3.05, 3.63) is 53.5 Å². The molecule has 1 heterocycles. The molecular weight excluding hydrogens is 278 g/mol. The second-order valence-corrected chi connectivity index (χ2v) is 6.24. The molecule has 108 valence electrons. The van der Waals surface area contributed by atoms with Gasteiger partial charge in [0.05, 0.1) is 17.8 Å². The van der Waals surface area contributed by atoms with Crippen LogP contribution in [0, 0.1) is 6.92 Å². The second-order valence-electron chi connectivity index (χ2n) is 4.47. The fourth-order valence-corrected chi connectivity index (χ4v) is 2.91. The molecule has 0 unspecified atom stereocenters. The fraction of sp³-hybridized carbons (Fsp3) is 0.286. The van der Waals surface area contributed by atoms with Crippen LogP contribution < -0.4 is 4.72 Å². The molecule has 1 aromatic carbocycles. The minimum Gasteiger partial charge on any atom is -0.469 e. The number of furan rings is 1. The molecule has 2 rings (SSSR count). The van der Waals surface area contributed by atoms with Gasteiger partial charge in [0.1, 0.15) is 5.76 Å². The Labute approximate surface area is 118 Å². The average Bonchev–Trinajstić information content (AvgIpc) is 2.92. The number of aryl methyl sites for hydroxylation is 1. The van der Waals surface area contributed by atoms with Crippen molar-refractivity contribution < 1.29 is 17.9 Å². The van der Waals surface area contributed by atoms with Crippen LogP contribution in [0.5, 0.6) is 0 Å². The molecule has 0 saturated heterocycles. The molecule has 0 amide bonds. The third kappa shape index (κ3) is 3.47. The highest BCUT2D eigenvalue weighted by atomic mass is 32.2. The molecule has 20 heavy (non-hydrogen) atoms. The molecule has 1 aromatic heterocycles. The van der Waals surface area contributed by atoms with Crippen LogP contribution in [0.15, 0.2) is 45.9 Å². The number of aliphatic hydroxyl groups excluding tert-OH is 1. The maximum Gasteiger partial charge on any atom is 0.240 e. The number of nitrogens with one attached hydrogen (secondary N) is 1. The molecule has 0 aliphatic rings. The van der Waals surface area contributed by atoms with Gasteiger partial charge in [0.2, 0.25) is 10.0 Å². The number of aliphatic hydroxyl groups is 1. The minimum atomic E-state index is -3.57. The summed E-state index contributed by atoms with van der Waals surface area (Å²) >= 11 is 0. The fourth-order valence-electron chi connectivity index (χ4n) is 1.83. The molecule has 5 nitrogen and oxygen atoms in total.